The van der Waals surface area contributed by atoms with Gasteiger partial charge in [0.05, 0.1) is 12.5 Å². The van der Waals surface area contributed by atoms with E-state index in [2.05, 4.69) is 13.8 Å². The molecule has 0 bridgehead atoms. The van der Waals surface area contributed by atoms with Crippen molar-refractivity contribution in [3.8, 4) is 0 Å². The normalized spacial score (nSPS) is 20.7. The van der Waals surface area contributed by atoms with Crippen LogP contribution in [0.3, 0.4) is 0 Å². The summed E-state index contributed by atoms with van der Waals surface area (Å²) in [5, 5.41) is 1.57. The fraction of sp³-hybridized carbons (Fsp3) is 0.533. The minimum Gasteiger partial charge on any atom is -0.272 e. The third kappa shape index (κ3) is 3.10. The molecule has 2 atom stereocenters. The SMILES string of the molecule is CC[C@@H](C)C[C@H]1CC(=O)N1OCc1ccccc1. The topological polar surface area (TPSA) is 29.5 Å². The number of carbonyl (C=O) groups excluding carboxylic acids is 1. The van der Waals surface area contributed by atoms with Gasteiger partial charge in [0.2, 0.25) is 5.91 Å². The molecule has 1 amide bonds. The van der Waals surface area contributed by atoms with Crippen LogP contribution in [0.1, 0.15) is 38.7 Å². The zero-order valence-corrected chi connectivity index (χ0v) is 11.1. The van der Waals surface area contributed by atoms with Gasteiger partial charge in [0.15, 0.2) is 0 Å². The van der Waals surface area contributed by atoms with Crippen molar-refractivity contribution in [3.63, 3.8) is 0 Å². The fourth-order valence-electron chi connectivity index (χ4n) is 2.17. The number of β-lactam (4-membered cyclic amide) rings is 1. The number of hydroxylamine groups is 2. The standard InChI is InChI=1S/C15H21NO2/c1-3-12(2)9-14-10-15(17)16(14)18-11-13-7-5-4-6-8-13/h4-8,12,14H,3,9-11H2,1-2H3/t12-,14+/m1/s1. The first-order chi connectivity index (χ1) is 8.70. The van der Waals surface area contributed by atoms with Gasteiger partial charge in [-0.2, -0.15) is 0 Å². The van der Waals surface area contributed by atoms with Gasteiger partial charge in [-0.1, -0.05) is 50.6 Å². The lowest BCUT2D eigenvalue weighted by atomic mass is 9.92. The molecule has 3 heteroatoms. The molecule has 1 saturated heterocycles. The smallest absolute Gasteiger partial charge is 0.248 e. The minimum atomic E-state index is 0.110. The van der Waals surface area contributed by atoms with Crippen LogP contribution in [-0.2, 0) is 16.2 Å². The van der Waals surface area contributed by atoms with Crippen LogP contribution in [0.25, 0.3) is 0 Å². The predicted molar refractivity (Wildman–Crippen MR) is 70.6 cm³/mol. The van der Waals surface area contributed by atoms with Crippen molar-refractivity contribution in [2.75, 3.05) is 0 Å². The number of benzene rings is 1. The van der Waals surface area contributed by atoms with Crippen LogP contribution in [0.2, 0.25) is 0 Å². The van der Waals surface area contributed by atoms with Crippen LogP contribution in [0.5, 0.6) is 0 Å². The summed E-state index contributed by atoms with van der Waals surface area (Å²) in [5.41, 5.74) is 1.10. The number of hydrogen-bond acceptors (Lipinski definition) is 2. The highest BCUT2D eigenvalue weighted by atomic mass is 16.7. The Kier molecular flexibility index (Phi) is 4.37. The summed E-state index contributed by atoms with van der Waals surface area (Å²) in [4.78, 5) is 17.2. The highest BCUT2D eigenvalue weighted by Gasteiger charge is 2.37. The zero-order valence-electron chi connectivity index (χ0n) is 11.1. The van der Waals surface area contributed by atoms with Gasteiger partial charge in [-0.05, 0) is 17.9 Å². The largest absolute Gasteiger partial charge is 0.272 e. The average Bonchev–Trinajstić information content (AvgIpc) is 2.39. The number of carbonyl (C=O) groups is 1. The molecular weight excluding hydrogens is 226 g/mol. The molecule has 3 nitrogen and oxygen atoms in total. The summed E-state index contributed by atoms with van der Waals surface area (Å²) in [5.74, 6) is 0.755. The monoisotopic (exact) mass is 247 g/mol. The maximum Gasteiger partial charge on any atom is 0.248 e. The molecule has 18 heavy (non-hydrogen) atoms. The van der Waals surface area contributed by atoms with Crippen molar-refractivity contribution < 1.29 is 9.63 Å². The van der Waals surface area contributed by atoms with Gasteiger partial charge < -0.3 is 0 Å². The molecular formula is C15H21NO2. The summed E-state index contributed by atoms with van der Waals surface area (Å²) < 4.78 is 0. The van der Waals surface area contributed by atoms with Gasteiger partial charge in [-0.25, -0.2) is 5.06 Å². The Morgan fingerprint density at radius 3 is 2.72 bits per heavy atom. The Balaban J connectivity index is 1.82. The summed E-state index contributed by atoms with van der Waals surface area (Å²) in [6.07, 6.45) is 2.83. The Morgan fingerprint density at radius 1 is 1.39 bits per heavy atom. The highest BCUT2D eigenvalue weighted by Crippen LogP contribution is 2.27. The van der Waals surface area contributed by atoms with Crippen molar-refractivity contribution in [2.24, 2.45) is 5.92 Å². The van der Waals surface area contributed by atoms with E-state index in [0.29, 0.717) is 18.9 Å². The van der Waals surface area contributed by atoms with Crippen LogP contribution >= 0.6 is 0 Å². The molecule has 0 unspecified atom stereocenters. The van der Waals surface area contributed by atoms with Crippen LogP contribution in [0.15, 0.2) is 30.3 Å². The molecule has 1 aromatic rings. The fourth-order valence-corrected chi connectivity index (χ4v) is 2.17. The van der Waals surface area contributed by atoms with Gasteiger partial charge >= 0.3 is 0 Å². The van der Waals surface area contributed by atoms with Crippen LogP contribution < -0.4 is 0 Å². The molecule has 1 aromatic carbocycles. The van der Waals surface area contributed by atoms with Crippen LogP contribution in [-0.4, -0.2) is 17.0 Å². The molecule has 0 spiro atoms. The Morgan fingerprint density at radius 2 is 2.11 bits per heavy atom. The van der Waals surface area contributed by atoms with Gasteiger partial charge in [0.25, 0.3) is 0 Å². The molecule has 1 fully saturated rings. The van der Waals surface area contributed by atoms with Crippen molar-refractivity contribution in [1.82, 2.24) is 5.06 Å². The molecule has 0 saturated carbocycles. The maximum absolute atomic E-state index is 11.5. The van der Waals surface area contributed by atoms with E-state index in [-0.39, 0.29) is 11.9 Å². The predicted octanol–water partition coefficient (Wildman–Crippen LogP) is 3.16. The molecule has 98 valence electrons. The lowest BCUT2D eigenvalue weighted by Crippen LogP contribution is -2.52. The lowest BCUT2D eigenvalue weighted by molar-refractivity contribution is -0.235. The first-order valence-corrected chi connectivity index (χ1v) is 6.69. The second-order valence-electron chi connectivity index (χ2n) is 5.09. The van der Waals surface area contributed by atoms with Crippen molar-refractivity contribution in [1.29, 1.82) is 0 Å². The Labute approximate surface area is 109 Å². The molecule has 0 aliphatic carbocycles. The summed E-state index contributed by atoms with van der Waals surface area (Å²) in [6, 6.07) is 10.2. The second-order valence-corrected chi connectivity index (χ2v) is 5.09. The van der Waals surface area contributed by atoms with E-state index in [1.807, 2.05) is 30.3 Å². The lowest BCUT2D eigenvalue weighted by Gasteiger charge is -2.40. The molecule has 2 rings (SSSR count). The van der Waals surface area contributed by atoms with E-state index in [9.17, 15) is 4.79 Å². The van der Waals surface area contributed by atoms with Crippen molar-refractivity contribution in [3.05, 3.63) is 35.9 Å². The third-order valence-corrected chi connectivity index (χ3v) is 3.57. The third-order valence-electron chi connectivity index (χ3n) is 3.57. The average molecular weight is 247 g/mol. The Hall–Kier alpha value is -1.35. The van der Waals surface area contributed by atoms with E-state index in [1.165, 1.54) is 0 Å². The summed E-state index contributed by atoms with van der Waals surface area (Å²) in [6.45, 7) is 4.88. The number of rotatable bonds is 6. The second kappa shape index (κ2) is 6.01. The van der Waals surface area contributed by atoms with E-state index in [0.717, 1.165) is 18.4 Å². The van der Waals surface area contributed by atoms with Gasteiger partial charge in [0, 0.05) is 0 Å². The van der Waals surface area contributed by atoms with Gasteiger partial charge in [-0.3, -0.25) is 9.63 Å². The first-order valence-electron chi connectivity index (χ1n) is 6.69. The maximum atomic E-state index is 11.5. The van der Waals surface area contributed by atoms with Gasteiger partial charge in [0.1, 0.15) is 6.61 Å². The van der Waals surface area contributed by atoms with E-state index >= 15 is 0 Å². The first kappa shape index (κ1) is 13.1. The van der Waals surface area contributed by atoms with E-state index < -0.39 is 0 Å². The number of nitrogens with zero attached hydrogens (tertiary/aromatic N) is 1. The van der Waals surface area contributed by atoms with Crippen molar-refractivity contribution >= 4 is 5.91 Å². The molecule has 1 aliphatic heterocycles. The van der Waals surface area contributed by atoms with Crippen LogP contribution in [0.4, 0.5) is 0 Å². The van der Waals surface area contributed by atoms with Crippen LogP contribution in [0, 0.1) is 5.92 Å². The molecule has 1 aliphatic rings. The quantitative estimate of drug-likeness (QED) is 0.723. The minimum absolute atomic E-state index is 0.110. The summed E-state index contributed by atoms with van der Waals surface area (Å²) >= 11 is 0. The number of hydrogen-bond donors (Lipinski definition) is 0. The molecule has 0 N–H and O–H groups in total. The molecule has 0 aromatic heterocycles. The zero-order chi connectivity index (χ0) is 13.0. The van der Waals surface area contributed by atoms with E-state index in [4.69, 9.17) is 4.84 Å². The number of amides is 1. The van der Waals surface area contributed by atoms with Gasteiger partial charge in [-0.15, -0.1) is 0 Å². The highest BCUT2D eigenvalue weighted by molar-refractivity contribution is 5.81. The molecule has 1 heterocycles. The summed E-state index contributed by atoms with van der Waals surface area (Å²) in [7, 11) is 0. The molecule has 0 radical (unpaired) electrons. The Bertz CT molecular complexity index is 391. The van der Waals surface area contributed by atoms with Crippen molar-refractivity contribution in [2.45, 2.75) is 45.8 Å². The van der Waals surface area contributed by atoms with E-state index in [1.54, 1.807) is 5.06 Å².